The quantitative estimate of drug-likeness (QED) is 0.124. The van der Waals surface area contributed by atoms with Gasteiger partial charge in [0.1, 0.15) is 0 Å². The maximum atomic E-state index is 9.48. The van der Waals surface area contributed by atoms with Crippen molar-refractivity contribution < 1.29 is 0 Å². The van der Waals surface area contributed by atoms with E-state index in [0.29, 0.717) is 23.0 Å². The fourth-order valence-electron chi connectivity index (χ4n) is 9.59. The van der Waals surface area contributed by atoms with Crippen LogP contribution in [0.1, 0.15) is 5.56 Å². The van der Waals surface area contributed by atoms with Gasteiger partial charge in [0.2, 0.25) is 0 Å². The second kappa shape index (κ2) is 15.3. The van der Waals surface area contributed by atoms with E-state index in [1.807, 2.05) is 42.5 Å². The highest BCUT2D eigenvalue weighted by Gasteiger charge is 2.24. The molecule has 0 saturated heterocycles. The van der Waals surface area contributed by atoms with Crippen LogP contribution in [-0.4, -0.2) is 15.0 Å². The number of rotatable bonds is 6. The predicted molar refractivity (Wildman–Crippen MR) is 265 cm³/mol. The molecule has 0 saturated carbocycles. The summed E-state index contributed by atoms with van der Waals surface area (Å²) in [7, 11) is 0. The molecule has 0 aliphatic carbocycles. The molecule has 0 spiro atoms. The maximum Gasteiger partial charge on any atom is 0.165 e. The van der Waals surface area contributed by atoms with Crippen LogP contribution < -0.4 is 0 Å². The van der Waals surface area contributed by atoms with Crippen molar-refractivity contribution in [2.75, 3.05) is 0 Å². The minimum Gasteiger partial charge on any atom is -0.208 e. The smallest absolute Gasteiger partial charge is 0.165 e. The minimum atomic E-state index is 0.572. The molecular weight excluding hydrogens is 777 g/mol. The van der Waals surface area contributed by atoms with Crippen molar-refractivity contribution in [1.29, 1.82) is 5.26 Å². The lowest BCUT2D eigenvalue weighted by atomic mass is 9.83. The molecule has 0 unspecified atom stereocenters. The summed E-state index contributed by atoms with van der Waals surface area (Å²) in [6, 6.07) is 78.8. The molecule has 0 N–H and O–H groups in total. The average Bonchev–Trinajstić information content (AvgIpc) is 3.37. The minimum absolute atomic E-state index is 0.572. The first-order chi connectivity index (χ1) is 31.7. The van der Waals surface area contributed by atoms with E-state index < -0.39 is 0 Å². The lowest BCUT2D eigenvalue weighted by molar-refractivity contribution is 1.08. The van der Waals surface area contributed by atoms with Gasteiger partial charge in [-0.3, -0.25) is 0 Å². The highest BCUT2D eigenvalue weighted by Crippen LogP contribution is 2.48. The van der Waals surface area contributed by atoms with Crippen molar-refractivity contribution in [3.8, 4) is 73.6 Å². The zero-order valence-electron chi connectivity index (χ0n) is 34.6. The summed E-state index contributed by atoms with van der Waals surface area (Å²) in [4.78, 5) is 16.2. The Balaban J connectivity index is 1.16. The lowest BCUT2D eigenvalue weighted by Gasteiger charge is -2.20. The Bertz CT molecular complexity index is 3790. The molecule has 0 bridgehead atoms. The Kier molecular flexibility index (Phi) is 8.84. The van der Waals surface area contributed by atoms with Gasteiger partial charge in [0.15, 0.2) is 17.5 Å². The molecule has 4 nitrogen and oxygen atoms in total. The van der Waals surface area contributed by atoms with Crippen LogP contribution in [0.25, 0.3) is 121 Å². The molecule has 0 aliphatic heterocycles. The van der Waals surface area contributed by atoms with Gasteiger partial charge in [0, 0.05) is 16.7 Å². The summed E-state index contributed by atoms with van der Waals surface area (Å²) in [6.45, 7) is 0. The molecule has 4 heteroatoms. The lowest BCUT2D eigenvalue weighted by Crippen LogP contribution is -2.02. The molecule has 296 valence electrons. The summed E-state index contributed by atoms with van der Waals surface area (Å²) >= 11 is 0. The van der Waals surface area contributed by atoms with E-state index in [1.54, 1.807) is 0 Å². The first-order valence-corrected chi connectivity index (χ1v) is 21.5. The van der Waals surface area contributed by atoms with Crippen molar-refractivity contribution in [3.63, 3.8) is 0 Å². The molecule has 12 aromatic rings. The Hall–Kier alpha value is -8.78. The molecule has 1 heterocycles. The molecule has 0 amide bonds. The largest absolute Gasteiger partial charge is 0.208 e. The second-order valence-corrected chi connectivity index (χ2v) is 16.2. The van der Waals surface area contributed by atoms with Gasteiger partial charge < -0.3 is 0 Å². The Morgan fingerprint density at radius 2 is 0.797 bits per heavy atom. The first-order valence-electron chi connectivity index (χ1n) is 21.5. The summed E-state index contributed by atoms with van der Waals surface area (Å²) in [5.74, 6) is 1.76. The zero-order valence-corrected chi connectivity index (χ0v) is 34.6. The third-order valence-electron chi connectivity index (χ3n) is 12.5. The van der Waals surface area contributed by atoms with E-state index in [-0.39, 0.29) is 0 Å². The van der Waals surface area contributed by atoms with Crippen LogP contribution in [0.15, 0.2) is 218 Å². The summed E-state index contributed by atoms with van der Waals surface area (Å²) in [6.07, 6.45) is 0. The number of hydrogen-bond donors (Lipinski definition) is 0. The number of fused-ring (bicyclic) bond motifs is 6. The fourth-order valence-corrected chi connectivity index (χ4v) is 9.59. The second-order valence-electron chi connectivity index (χ2n) is 16.2. The monoisotopic (exact) mass is 812 g/mol. The molecular formula is C60H36N4. The van der Waals surface area contributed by atoms with Gasteiger partial charge in [-0.1, -0.05) is 194 Å². The Labute approximate surface area is 370 Å². The standard InChI is InChI=1S/C60H36N4/c61-37-38-29-31-39(32-30-38)42-19-14-20-44(35-42)58-62-59(53-28-13-8-21-45(53)40-15-2-1-3-16-40)64-60(63-58)57-50-26-11-9-24-48(50)56(49-25-10-12-27-51(49)57)55-47-23-7-5-18-43(47)36-54-46-22-6-4-17-41(46)33-34-52(54)55/h1-36H. The molecule has 0 radical (unpaired) electrons. The van der Waals surface area contributed by atoms with Crippen LogP contribution in [0.4, 0.5) is 0 Å². The summed E-state index contributed by atoms with van der Waals surface area (Å²) in [5.41, 5.74) is 9.89. The van der Waals surface area contributed by atoms with Crippen LogP contribution in [-0.2, 0) is 0 Å². The highest BCUT2D eigenvalue weighted by molar-refractivity contribution is 6.29. The Morgan fingerprint density at radius 3 is 1.52 bits per heavy atom. The van der Waals surface area contributed by atoms with Crippen molar-refractivity contribution in [3.05, 3.63) is 224 Å². The summed E-state index contributed by atoms with van der Waals surface area (Å²) < 4.78 is 0. The number of benzene rings is 11. The number of nitrogens with zero attached hydrogens (tertiary/aromatic N) is 4. The van der Waals surface area contributed by atoms with Gasteiger partial charge in [-0.2, -0.15) is 5.26 Å². The fraction of sp³-hybridized carbons (Fsp3) is 0. The van der Waals surface area contributed by atoms with Gasteiger partial charge in [-0.25, -0.2) is 15.0 Å². The molecule has 0 fully saturated rings. The highest BCUT2D eigenvalue weighted by atomic mass is 15.0. The molecule has 0 atom stereocenters. The van der Waals surface area contributed by atoms with Gasteiger partial charge in [0.05, 0.1) is 11.6 Å². The van der Waals surface area contributed by atoms with E-state index in [1.165, 1.54) is 43.4 Å². The molecule has 64 heavy (non-hydrogen) atoms. The van der Waals surface area contributed by atoms with Crippen LogP contribution in [0.3, 0.4) is 0 Å². The van der Waals surface area contributed by atoms with E-state index in [4.69, 9.17) is 15.0 Å². The third kappa shape index (κ3) is 6.18. The van der Waals surface area contributed by atoms with Gasteiger partial charge in [-0.15, -0.1) is 0 Å². The van der Waals surface area contributed by atoms with Crippen molar-refractivity contribution >= 4 is 53.9 Å². The molecule has 1 aromatic heterocycles. The van der Waals surface area contributed by atoms with Crippen LogP contribution in [0.5, 0.6) is 0 Å². The number of aromatic nitrogens is 3. The van der Waals surface area contributed by atoms with Gasteiger partial charge in [0.25, 0.3) is 0 Å². The normalized spacial score (nSPS) is 11.4. The molecule has 11 aromatic carbocycles. The van der Waals surface area contributed by atoms with E-state index in [9.17, 15) is 5.26 Å². The molecule has 0 aliphatic rings. The van der Waals surface area contributed by atoms with Gasteiger partial charge in [-0.05, 0) is 112 Å². The maximum absolute atomic E-state index is 9.48. The average molecular weight is 813 g/mol. The van der Waals surface area contributed by atoms with Crippen LogP contribution >= 0.6 is 0 Å². The van der Waals surface area contributed by atoms with Crippen LogP contribution in [0.2, 0.25) is 0 Å². The van der Waals surface area contributed by atoms with Crippen molar-refractivity contribution in [2.24, 2.45) is 0 Å². The first kappa shape index (κ1) is 37.0. The molecule has 12 rings (SSSR count). The van der Waals surface area contributed by atoms with Crippen LogP contribution in [0, 0.1) is 11.3 Å². The topological polar surface area (TPSA) is 62.5 Å². The zero-order chi connectivity index (χ0) is 42.6. The number of nitriles is 1. The SMILES string of the molecule is N#Cc1ccc(-c2cccc(-c3nc(-c4ccccc4-c4ccccc4)nc(-c4c5ccccc5c(-c5c6ccccc6cc6c5ccc5ccccc56)c5ccccc45)n3)c2)cc1. The van der Waals surface area contributed by atoms with E-state index in [0.717, 1.165) is 60.5 Å². The van der Waals surface area contributed by atoms with Crippen molar-refractivity contribution in [1.82, 2.24) is 15.0 Å². The van der Waals surface area contributed by atoms with E-state index >= 15 is 0 Å². The van der Waals surface area contributed by atoms with Crippen molar-refractivity contribution in [2.45, 2.75) is 0 Å². The Morgan fingerprint density at radius 1 is 0.281 bits per heavy atom. The summed E-state index contributed by atoms with van der Waals surface area (Å²) in [5, 5.41) is 21.2. The third-order valence-corrected chi connectivity index (χ3v) is 12.5. The number of hydrogen-bond acceptors (Lipinski definition) is 4. The predicted octanol–water partition coefficient (Wildman–Crippen LogP) is 15.5. The van der Waals surface area contributed by atoms with Gasteiger partial charge >= 0.3 is 0 Å². The van der Waals surface area contributed by atoms with E-state index in [2.05, 4.69) is 182 Å².